The number of nitrogens with one attached hydrogen (secondary N) is 4. The van der Waals surface area contributed by atoms with Crippen molar-refractivity contribution in [2.75, 3.05) is 19.8 Å². The molecule has 1 rings (SSSR count). The van der Waals surface area contributed by atoms with Crippen LogP contribution in [0.15, 0.2) is 36.0 Å². The summed E-state index contributed by atoms with van der Waals surface area (Å²) in [4.78, 5) is 0. The Kier molecular flexibility index (Phi) is 8.49. The van der Waals surface area contributed by atoms with Crippen LogP contribution < -0.4 is 10.6 Å². The molecule has 0 aliphatic rings. The van der Waals surface area contributed by atoms with Crippen molar-refractivity contribution in [1.29, 1.82) is 10.8 Å². The highest BCUT2D eigenvalue weighted by Gasteiger charge is 2.13. The first-order valence-electron chi connectivity index (χ1n) is 7.86. The number of alkyl halides is 1. The van der Waals surface area contributed by atoms with E-state index < -0.39 is 18.6 Å². The van der Waals surface area contributed by atoms with Crippen LogP contribution in [0.5, 0.6) is 0 Å². The van der Waals surface area contributed by atoms with Crippen molar-refractivity contribution in [3.63, 3.8) is 0 Å². The first-order chi connectivity index (χ1) is 11.9. The lowest BCUT2D eigenvalue weighted by Crippen LogP contribution is -2.20. The highest BCUT2D eigenvalue weighted by atomic mass is 19.1. The van der Waals surface area contributed by atoms with Crippen LogP contribution >= 0.6 is 0 Å². The number of halogens is 2. The lowest BCUT2D eigenvalue weighted by molar-refractivity contribution is 0.198. The fraction of sp³-hybridized carbons (Fsp3) is 0.333. The third kappa shape index (κ3) is 6.84. The summed E-state index contributed by atoms with van der Waals surface area (Å²) >= 11 is 0. The van der Waals surface area contributed by atoms with Gasteiger partial charge < -0.3 is 26.6 Å². The van der Waals surface area contributed by atoms with Crippen LogP contribution in [0.2, 0.25) is 0 Å². The quantitative estimate of drug-likeness (QED) is 0.332. The maximum Gasteiger partial charge on any atom is 0.123 e. The molecule has 0 bridgehead atoms. The van der Waals surface area contributed by atoms with Gasteiger partial charge in [0.05, 0.1) is 6.10 Å². The zero-order chi connectivity index (χ0) is 18.8. The molecule has 0 radical (unpaired) electrons. The molecule has 0 amide bonds. The van der Waals surface area contributed by atoms with Crippen LogP contribution in [-0.4, -0.2) is 36.8 Å². The van der Waals surface area contributed by atoms with Crippen LogP contribution in [0.4, 0.5) is 8.78 Å². The molecule has 0 saturated heterocycles. The molecule has 0 aliphatic carbocycles. The van der Waals surface area contributed by atoms with E-state index in [2.05, 4.69) is 10.6 Å². The van der Waals surface area contributed by atoms with Crippen LogP contribution in [0.25, 0.3) is 5.70 Å². The van der Waals surface area contributed by atoms with E-state index in [1.54, 1.807) is 13.0 Å². The highest BCUT2D eigenvalue weighted by molar-refractivity contribution is 5.97. The monoisotopic (exact) mass is 350 g/mol. The van der Waals surface area contributed by atoms with Gasteiger partial charge in [-0.1, -0.05) is 0 Å². The Labute approximate surface area is 146 Å². The number of allylic oxidation sites excluding steroid dienone is 1. The molecule has 136 valence electrons. The van der Waals surface area contributed by atoms with Crippen LogP contribution in [0, 0.1) is 16.6 Å². The molecule has 1 aromatic rings. The zero-order valence-electron chi connectivity index (χ0n) is 14.4. The summed E-state index contributed by atoms with van der Waals surface area (Å²) in [6.07, 6.45) is 3.35. The van der Waals surface area contributed by atoms with Crippen molar-refractivity contribution in [3.8, 4) is 0 Å². The molecular formula is C18H24F2N4O. The minimum absolute atomic E-state index is 0.157. The molecule has 0 saturated carbocycles. The van der Waals surface area contributed by atoms with E-state index in [-0.39, 0.29) is 18.8 Å². The molecular weight excluding hydrogens is 326 g/mol. The number of hydrogen-bond acceptors (Lipinski definition) is 5. The van der Waals surface area contributed by atoms with Gasteiger partial charge in [0.2, 0.25) is 0 Å². The number of aliphatic hydroxyl groups excluding tert-OH is 1. The van der Waals surface area contributed by atoms with E-state index in [9.17, 15) is 13.9 Å². The van der Waals surface area contributed by atoms with E-state index >= 15 is 0 Å². The van der Waals surface area contributed by atoms with Gasteiger partial charge in [0.1, 0.15) is 12.5 Å². The normalized spacial score (nSPS) is 13.3. The van der Waals surface area contributed by atoms with Gasteiger partial charge in [-0.2, -0.15) is 0 Å². The number of aliphatic hydroxyl groups is 1. The molecule has 5 nitrogen and oxygen atoms in total. The predicted molar refractivity (Wildman–Crippen MR) is 97.3 cm³/mol. The molecule has 0 aromatic heterocycles. The average Bonchev–Trinajstić information content (AvgIpc) is 2.56. The fourth-order valence-electron chi connectivity index (χ4n) is 2.16. The van der Waals surface area contributed by atoms with Gasteiger partial charge in [-0.15, -0.1) is 0 Å². The Morgan fingerprint density at radius 2 is 2.12 bits per heavy atom. The highest BCUT2D eigenvalue weighted by Crippen LogP contribution is 2.24. The third-order valence-electron chi connectivity index (χ3n) is 3.31. The molecule has 0 fully saturated rings. The van der Waals surface area contributed by atoms with Crippen molar-refractivity contribution < 1.29 is 13.9 Å². The Morgan fingerprint density at radius 3 is 2.68 bits per heavy atom. The summed E-state index contributed by atoms with van der Waals surface area (Å²) < 4.78 is 25.6. The summed E-state index contributed by atoms with van der Waals surface area (Å²) in [5, 5.41) is 30.9. The van der Waals surface area contributed by atoms with Crippen LogP contribution in [0.1, 0.15) is 31.1 Å². The number of hydrogen-bond donors (Lipinski definition) is 5. The van der Waals surface area contributed by atoms with E-state index in [0.29, 0.717) is 22.4 Å². The molecule has 1 aromatic carbocycles. The van der Waals surface area contributed by atoms with Gasteiger partial charge in [-0.25, -0.2) is 8.78 Å². The molecule has 0 aliphatic heterocycles. The van der Waals surface area contributed by atoms with Crippen LogP contribution in [0.3, 0.4) is 0 Å². The van der Waals surface area contributed by atoms with Gasteiger partial charge in [0.15, 0.2) is 0 Å². The van der Waals surface area contributed by atoms with Crippen molar-refractivity contribution >= 4 is 17.6 Å². The Hall–Kier alpha value is -2.54. The first kappa shape index (κ1) is 20.5. The summed E-state index contributed by atoms with van der Waals surface area (Å²) in [6, 6.07) is 4.07. The maximum atomic E-state index is 13.5. The van der Waals surface area contributed by atoms with E-state index in [4.69, 9.17) is 10.8 Å². The van der Waals surface area contributed by atoms with Crippen molar-refractivity contribution in [2.24, 2.45) is 0 Å². The van der Waals surface area contributed by atoms with Gasteiger partial charge in [0.25, 0.3) is 0 Å². The second kappa shape index (κ2) is 10.4. The lowest BCUT2D eigenvalue weighted by Gasteiger charge is -2.17. The summed E-state index contributed by atoms with van der Waals surface area (Å²) in [5.41, 5.74) is 2.35. The summed E-state index contributed by atoms with van der Waals surface area (Å²) in [7, 11) is 0. The topological polar surface area (TPSA) is 92.0 Å². The van der Waals surface area contributed by atoms with Gasteiger partial charge in [-0.3, -0.25) is 0 Å². The average molecular weight is 350 g/mol. The Bertz CT molecular complexity index is 669. The summed E-state index contributed by atoms with van der Waals surface area (Å²) in [5.74, 6) is -0.457. The number of rotatable bonds is 10. The molecule has 1 atom stereocenters. The molecule has 0 unspecified atom stereocenters. The largest absolute Gasteiger partial charge is 0.389 e. The van der Waals surface area contributed by atoms with Crippen molar-refractivity contribution in [1.82, 2.24) is 10.6 Å². The smallest absolute Gasteiger partial charge is 0.123 e. The van der Waals surface area contributed by atoms with Crippen molar-refractivity contribution in [3.05, 3.63) is 53.0 Å². The van der Waals surface area contributed by atoms with Gasteiger partial charge >= 0.3 is 0 Å². The SMILES string of the molecule is CC(=N)/C=C(\NC/C(C=N)=C/NCCF)c1ccc(F)cc1[C@@H](C)O. The fourth-order valence-corrected chi connectivity index (χ4v) is 2.16. The second-order valence-corrected chi connectivity index (χ2v) is 5.51. The minimum Gasteiger partial charge on any atom is -0.389 e. The van der Waals surface area contributed by atoms with Gasteiger partial charge in [-0.05, 0) is 43.7 Å². The first-order valence-corrected chi connectivity index (χ1v) is 7.86. The summed E-state index contributed by atoms with van der Waals surface area (Å²) in [6.45, 7) is 3.03. The third-order valence-corrected chi connectivity index (χ3v) is 3.31. The Balaban J connectivity index is 3.10. The van der Waals surface area contributed by atoms with E-state index in [1.165, 1.54) is 31.3 Å². The van der Waals surface area contributed by atoms with Crippen LogP contribution in [-0.2, 0) is 0 Å². The predicted octanol–water partition coefficient (Wildman–Crippen LogP) is 2.94. The maximum absolute atomic E-state index is 13.5. The number of benzene rings is 1. The molecule has 7 heteroatoms. The zero-order valence-corrected chi connectivity index (χ0v) is 14.4. The van der Waals surface area contributed by atoms with E-state index in [0.717, 1.165) is 6.21 Å². The lowest BCUT2D eigenvalue weighted by atomic mass is 9.99. The Morgan fingerprint density at radius 1 is 1.40 bits per heavy atom. The molecule has 5 N–H and O–H groups in total. The second-order valence-electron chi connectivity index (χ2n) is 5.51. The van der Waals surface area contributed by atoms with Gasteiger partial charge in [0, 0.05) is 48.0 Å². The molecule has 0 spiro atoms. The molecule has 25 heavy (non-hydrogen) atoms. The van der Waals surface area contributed by atoms with Crippen molar-refractivity contribution in [2.45, 2.75) is 20.0 Å². The molecule has 0 heterocycles. The van der Waals surface area contributed by atoms with E-state index in [1.807, 2.05) is 0 Å². The minimum atomic E-state index is -0.883. The standard InChI is InChI=1S/C18H24F2N4O/c1-12(22)7-18(24-11-14(9-21)10-23-6-5-19)16-4-3-15(20)8-17(16)13(2)25/h3-4,7-10,13,21-25H,5-6,11H2,1-2H3/b14-10+,18-7-,21-9?,22-12?/t13-/m1/s1.